The molecule has 0 fully saturated rings. The van der Waals surface area contributed by atoms with E-state index in [0.29, 0.717) is 5.56 Å². The molecule has 10 heteroatoms. The molecule has 0 saturated carbocycles. The van der Waals surface area contributed by atoms with Crippen molar-refractivity contribution in [3.8, 4) is 17.6 Å². The van der Waals surface area contributed by atoms with E-state index in [-0.39, 0.29) is 34.8 Å². The van der Waals surface area contributed by atoms with E-state index in [1.54, 1.807) is 6.07 Å². The molecule has 0 spiro atoms. The highest BCUT2D eigenvalue weighted by Gasteiger charge is 2.13. The number of nitrogen functional groups attached to an aromatic ring is 1. The molecule has 0 saturated heterocycles. The molecule has 3 aromatic rings. The van der Waals surface area contributed by atoms with E-state index in [1.165, 1.54) is 25.3 Å². The van der Waals surface area contributed by atoms with Gasteiger partial charge in [0.25, 0.3) is 0 Å². The van der Waals surface area contributed by atoms with Crippen molar-refractivity contribution in [1.29, 1.82) is 5.26 Å². The molecule has 2 aromatic carbocycles. The summed E-state index contributed by atoms with van der Waals surface area (Å²) < 4.78 is 34.7. The third kappa shape index (κ3) is 5.17. The zero-order valence-corrected chi connectivity index (χ0v) is 15.7. The van der Waals surface area contributed by atoms with Gasteiger partial charge in [0.1, 0.15) is 6.07 Å². The minimum Gasteiger partial charge on any atom is -0.493 e. The number of para-hydroxylation sites is 1. The number of aromatic nitrogens is 3. The van der Waals surface area contributed by atoms with Crippen LogP contribution in [0.25, 0.3) is 11.6 Å². The Hall–Kier alpha value is -4.26. The van der Waals surface area contributed by atoms with Gasteiger partial charge in [0.05, 0.1) is 12.7 Å². The van der Waals surface area contributed by atoms with Crippen LogP contribution in [0, 0.1) is 11.3 Å². The van der Waals surface area contributed by atoms with E-state index in [1.807, 2.05) is 36.4 Å². The van der Waals surface area contributed by atoms with Crippen LogP contribution in [0.4, 0.5) is 26.4 Å². The maximum Gasteiger partial charge on any atom is 0.387 e. The zero-order valence-electron chi connectivity index (χ0n) is 15.7. The number of anilines is 3. The highest BCUT2D eigenvalue weighted by atomic mass is 19.3. The molecule has 30 heavy (non-hydrogen) atoms. The molecule has 3 N–H and O–H groups in total. The normalized spacial score (nSPS) is 11.1. The van der Waals surface area contributed by atoms with Crippen LogP contribution in [0.15, 0.2) is 48.5 Å². The van der Waals surface area contributed by atoms with Gasteiger partial charge in [-0.15, -0.1) is 0 Å². The molecule has 3 rings (SSSR count). The summed E-state index contributed by atoms with van der Waals surface area (Å²) >= 11 is 0. The molecule has 1 heterocycles. The van der Waals surface area contributed by atoms with Crippen molar-refractivity contribution in [3.63, 3.8) is 0 Å². The first-order chi connectivity index (χ1) is 14.5. The molecule has 0 atom stereocenters. The van der Waals surface area contributed by atoms with Crippen molar-refractivity contribution < 1.29 is 18.3 Å². The Kier molecular flexibility index (Phi) is 6.34. The van der Waals surface area contributed by atoms with Crippen molar-refractivity contribution >= 4 is 29.2 Å². The van der Waals surface area contributed by atoms with Gasteiger partial charge in [-0.2, -0.15) is 29.0 Å². The Bertz CT molecular complexity index is 1100. The number of rotatable bonds is 7. The predicted octanol–water partition coefficient (Wildman–Crippen LogP) is 3.87. The smallest absolute Gasteiger partial charge is 0.387 e. The SMILES string of the molecule is COc1ccc(C=C(C#N)c2nc(N)nc(Nc3ccccc3)n2)cc1OC(F)F. The number of nitrogens with zero attached hydrogens (tertiary/aromatic N) is 4. The molecule has 0 amide bonds. The van der Waals surface area contributed by atoms with Gasteiger partial charge in [0.15, 0.2) is 17.3 Å². The molecule has 0 unspecified atom stereocenters. The summed E-state index contributed by atoms with van der Waals surface area (Å²) in [7, 11) is 1.33. The van der Waals surface area contributed by atoms with E-state index < -0.39 is 6.61 Å². The molecule has 8 nitrogen and oxygen atoms in total. The average Bonchev–Trinajstić information content (AvgIpc) is 2.72. The number of alkyl halides is 2. The summed E-state index contributed by atoms with van der Waals surface area (Å²) in [6, 6.07) is 15.4. The Balaban J connectivity index is 1.96. The van der Waals surface area contributed by atoms with Crippen LogP contribution in [0.2, 0.25) is 0 Å². The van der Waals surface area contributed by atoms with Gasteiger partial charge in [-0.05, 0) is 35.9 Å². The van der Waals surface area contributed by atoms with Crippen molar-refractivity contribution in [2.75, 3.05) is 18.2 Å². The monoisotopic (exact) mass is 410 g/mol. The Morgan fingerprint density at radius 2 is 1.90 bits per heavy atom. The first-order valence-electron chi connectivity index (χ1n) is 8.57. The molecule has 0 aliphatic carbocycles. The third-order valence-electron chi connectivity index (χ3n) is 3.76. The van der Waals surface area contributed by atoms with E-state index in [4.69, 9.17) is 10.5 Å². The first-order valence-corrected chi connectivity index (χ1v) is 8.57. The fourth-order valence-electron chi connectivity index (χ4n) is 2.50. The van der Waals surface area contributed by atoms with Gasteiger partial charge >= 0.3 is 6.61 Å². The predicted molar refractivity (Wildman–Crippen MR) is 107 cm³/mol. The summed E-state index contributed by atoms with van der Waals surface area (Å²) in [5, 5.41) is 12.5. The lowest BCUT2D eigenvalue weighted by Gasteiger charge is -2.10. The number of nitriles is 1. The van der Waals surface area contributed by atoms with Crippen molar-refractivity contribution in [2.45, 2.75) is 6.61 Å². The Morgan fingerprint density at radius 3 is 2.57 bits per heavy atom. The Labute approximate surface area is 170 Å². The minimum atomic E-state index is -3.02. The second-order valence-electron chi connectivity index (χ2n) is 5.79. The highest BCUT2D eigenvalue weighted by molar-refractivity contribution is 5.87. The number of benzene rings is 2. The van der Waals surface area contributed by atoms with Crippen LogP contribution in [-0.4, -0.2) is 28.7 Å². The number of methoxy groups -OCH3 is 1. The van der Waals surface area contributed by atoms with Crippen LogP contribution in [0.3, 0.4) is 0 Å². The zero-order chi connectivity index (χ0) is 21.5. The summed E-state index contributed by atoms with van der Waals surface area (Å²) in [5.74, 6) is 0.0535. The van der Waals surface area contributed by atoms with Gasteiger partial charge < -0.3 is 20.5 Å². The van der Waals surface area contributed by atoms with Gasteiger partial charge in [-0.25, -0.2) is 0 Å². The van der Waals surface area contributed by atoms with Crippen LogP contribution in [0.1, 0.15) is 11.4 Å². The highest BCUT2D eigenvalue weighted by Crippen LogP contribution is 2.31. The largest absolute Gasteiger partial charge is 0.493 e. The first kappa shape index (κ1) is 20.5. The van der Waals surface area contributed by atoms with E-state index >= 15 is 0 Å². The number of nitrogens with one attached hydrogen (secondary N) is 1. The Morgan fingerprint density at radius 1 is 1.13 bits per heavy atom. The maximum absolute atomic E-state index is 12.6. The number of hydrogen-bond acceptors (Lipinski definition) is 8. The fraction of sp³-hybridized carbons (Fsp3) is 0.100. The van der Waals surface area contributed by atoms with Crippen molar-refractivity contribution in [1.82, 2.24) is 15.0 Å². The van der Waals surface area contributed by atoms with Crippen LogP contribution < -0.4 is 20.5 Å². The number of allylic oxidation sites excluding steroid dienone is 1. The van der Waals surface area contributed by atoms with Gasteiger partial charge in [0.2, 0.25) is 11.9 Å². The molecule has 0 radical (unpaired) electrons. The maximum atomic E-state index is 12.6. The lowest BCUT2D eigenvalue weighted by Crippen LogP contribution is -2.06. The topological polar surface area (TPSA) is 119 Å². The quantitative estimate of drug-likeness (QED) is 0.564. The molecular weight excluding hydrogens is 394 g/mol. The van der Waals surface area contributed by atoms with Gasteiger partial charge in [-0.1, -0.05) is 24.3 Å². The molecular formula is C20H16F2N6O2. The van der Waals surface area contributed by atoms with Gasteiger partial charge in [-0.3, -0.25) is 0 Å². The second kappa shape index (κ2) is 9.29. The average molecular weight is 410 g/mol. The lowest BCUT2D eigenvalue weighted by molar-refractivity contribution is -0.0512. The summed E-state index contributed by atoms with van der Waals surface area (Å²) in [6.45, 7) is -3.02. The fourth-order valence-corrected chi connectivity index (χ4v) is 2.50. The number of hydrogen-bond donors (Lipinski definition) is 2. The minimum absolute atomic E-state index is 0.0237. The number of ether oxygens (including phenoxy) is 2. The molecule has 0 aliphatic rings. The molecule has 1 aromatic heterocycles. The van der Waals surface area contributed by atoms with Gasteiger partial charge in [0, 0.05) is 5.69 Å². The number of nitrogens with two attached hydrogens (primary N) is 1. The van der Waals surface area contributed by atoms with Crippen molar-refractivity contribution in [3.05, 3.63) is 59.9 Å². The molecule has 152 valence electrons. The van der Waals surface area contributed by atoms with Crippen LogP contribution in [0.5, 0.6) is 11.5 Å². The van der Waals surface area contributed by atoms with Crippen LogP contribution in [-0.2, 0) is 0 Å². The van der Waals surface area contributed by atoms with Crippen LogP contribution >= 0.6 is 0 Å². The standard InChI is InChI=1S/C20H16F2N6O2/c1-29-15-8-7-12(10-16(15)30-18(21)22)9-13(11-23)17-26-19(24)28-20(27-17)25-14-5-3-2-4-6-14/h2-10,18H,1H3,(H3,24,25,26,27,28). The van der Waals surface area contributed by atoms with Crippen molar-refractivity contribution in [2.24, 2.45) is 0 Å². The molecule has 0 bridgehead atoms. The second-order valence-corrected chi connectivity index (χ2v) is 5.79. The van der Waals surface area contributed by atoms with E-state index in [2.05, 4.69) is 25.0 Å². The number of halogens is 2. The third-order valence-corrected chi connectivity index (χ3v) is 3.76. The molecule has 0 aliphatic heterocycles. The summed E-state index contributed by atoms with van der Waals surface area (Å²) in [5.41, 5.74) is 6.93. The summed E-state index contributed by atoms with van der Waals surface area (Å²) in [4.78, 5) is 12.2. The summed E-state index contributed by atoms with van der Waals surface area (Å²) in [6.07, 6.45) is 1.42. The van der Waals surface area contributed by atoms with E-state index in [9.17, 15) is 14.0 Å². The van der Waals surface area contributed by atoms with E-state index in [0.717, 1.165) is 5.69 Å². The lowest BCUT2D eigenvalue weighted by atomic mass is 10.1.